The SMILES string of the molecule is CCCCCC(C)NCC1CN(C(C)C)CCO1. The first-order valence-electron chi connectivity index (χ1n) is 7.72. The molecule has 0 aliphatic carbocycles. The number of morpholine rings is 1. The summed E-state index contributed by atoms with van der Waals surface area (Å²) < 4.78 is 5.83. The minimum absolute atomic E-state index is 0.370. The van der Waals surface area contributed by atoms with Gasteiger partial charge in [-0.05, 0) is 27.2 Å². The first-order valence-corrected chi connectivity index (χ1v) is 7.72. The van der Waals surface area contributed by atoms with E-state index in [-0.39, 0.29) is 0 Å². The molecule has 0 aromatic heterocycles. The highest BCUT2D eigenvalue weighted by atomic mass is 16.5. The lowest BCUT2D eigenvalue weighted by Crippen LogP contribution is -2.49. The molecule has 108 valence electrons. The summed E-state index contributed by atoms with van der Waals surface area (Å²) >= 11 is 0. The highest BCUT2D eigenvalue weighted by Gasteiger charge is 2.22. The van der Waals surface area contributed by atoms with Crippen molar-refractivity contribution >= 4 is 0 Å². The number of nitrogens with one attached hydrogen (secondary N) is 1. The van der Waals surface area contributed by atoms with Crippen LogP contribution >= 0.6 is 0 Å². The van der Waals surface area contributed by atoms with E-state index in [1.54, 1.807) is 0 Å². The van der Waals surface area contributed by atoms with Gasteiger partial charge in [-0.1, -0.05) is 26.2 Å². The molecule has 2 atom stereocenters. The summed E-state index contributed by atoms with van der Waals surface area (Å²) in [7, 11) is 0. The molecule has 3 nitrogen and oxygen atoms in total. The van der Waals surface area contributed by atoms with Crippen LogP contribution in [0.3, 0.4) is 0 Å². The van der Waals surface area contributed by atoms with E-state index in [0.29, 0.717) is 18.2 Å². The van der Waals surface area contributed by atoms with Crippen LogP contribution in [0.15, 0.2) is 0 Å². The van der Waals surface area contributed by atoms with E-state index in [1.165, 1.54) is 25.7 Å². The first-order chi connectivity index (χ1) is 8.63. The number of nitrogens with zero attached hydrogens (tertiary/aromatic N) is 1. The van der Waals surface area contributed by atoms with Gasteiger partial charge in [-0.3, -0.25) is 4.90 Å². The van der Waals surface area contributed by atoms with Crippen molar-refractivity contribution in [2.75, 3.05) is 26.2 Å². The second-order valence-corrected chi connectivity index (χ2v) is 5.89. The molecule has 0 aromatic rings. The summed E-state index contributed by atoms with van der Waals surface area (Å²) in [6, 6.07) is 1.26. The Morgan fingerprint density at radius 3 is 2.72 bits per heavy atom. The van der Waals surface area contributed by atoms with Gasteiger partial charge in [-0.15, -0.1) is 0 Å². The maximum atomic E-state index is 5.83. The van der Waals surface area contributed by atoms with Gasteiger partial charge >= 0.3 is 0 Å². The summed E-state index contributed by atoms with van der Waals surface area (Å²) in [4.78, 5) is 2.51. The van der Waals surface area contributed by atoms with Crippen molar-refractivity contribution in [2.45, 2.75) is 71.6 Å². The fourth-order valence-corrected chi connectivity index (χ4v) is 2.47. The summed E-state index contributed by atoms with van der Waals surface area (Å²) in [5, 5.41) is 3.62. The molecule has 1 N–H and O–H groups in total. The fourth-order valence-electron chi connectivity index (χ4n) is 2.47. The third-order valence-electron chi connectivity index (χ3n) is 3.84. The Morgan fingerprint density at radius 2 is 2.06 bits per heavy atom. The average molecular weight is 256 g/mol. The summed E-state index contributed by atoms with van der Waals surface area (Å²) in [5.74, 6) is 0. The standard InChI is InChI=1S/C15H32N2O/c1-5-6-7-8-14(4)16-11-15-12-17(13(2)3)9-10-18-15/h13-16H,5-12H2,1-4H3. The number of unbranched alkanes of at least 4 members (excludes halogenated alkanes) is 2. The van der Waals surface area contributed by atoms with Crippen molar-refractivity contribution in [3.8, 4) is 0 Å². The Bertz CT molecular complexity index is 209. The van der Waals surface area contributed by atoms with Gasteiger partial charge in [0, 0.05) is 31.7 Å². The van der Waals surface area contributed by atoms with Crippen molar-refractivity contribution in [1.82, 2.24) is 10.2 Å². The van der Waals surface area contributed by atoms with Gasteiger partial charge in [0.05, 0.1) is 12.7 Å². The molecule has 2 unspecified atom stereocenters. The van der Waals surface area contributed by atoms with Crippen molar-refractivity contribution < 1.29 is 4.74 Å². The van der Waals surface area contributed by atoms with Crippen molar-refractivity contribution in [3.63, 3.8) is 0 Å². The summed E-state index contributed by atoms with van der Waals surface area (Å²) in [6.45, 7) is 13.1. The van der Waals surface area contributed by atoms with Crippen molar-refractivity contribution in [1.29, 1.82) is 0 Å². The van der Waals surface area contributed by atoms with Crippen LogP contribution in [-0.2, 0) is 4.74 Å². The summed E-state index contributed by atoms with van der Waals surface area (Å²) in [5.41, 5.74) is 0. The van der Waals surface area contributed by atoms with Crippen molar-refractivity contribution in [3.05, 3.63) is 0 Å². The van der Waals surface area contributed by atoms with E-state index in [4.69, 9.17) is 4.74 Å². The molecule has 0 bridgehead atoms. The van der Waals surface area contributed by atoms with Gasteiger partial charge < -0.3 is 10.1 Å². The fraction of sp³-hybridized carbons (Fsp3) is 1.00. The van der Waals surface area contributed by atoms with Crippen LogP contribution in [0.25, 0.3) is 0 Å². The summed E-state index contributed by atoms with van der Waals surface area (Å²) in [6.07, 6.45) is 5.66. The van der Waals surface area contributed by atoms with Gasteiger partial charge in [-0.25, -0.2) is 0 Å². The normalized spacial score (nSPS) is 23.5. The molecule has 0 saturated carbocycles. The monoisotopic (exact) mass is 256 g/mol. The van der Waals surface area contributed by atoms with E-state index in [0.717, 1.165) is 26.2 Å². The van der Waals surface area contributed by atoms with Crippen molar-refractivity contribution in [2.24, 2.45) is 0 Å². The number of hydrogen-bond acceptors (Lipinski definition) is 3. The molecular weight excluding hydrogens is 224 g/mol. The second kappa shape index (κ2) is 8.89. The maximum Gasteiger partial charge on any atom is 0.0826 e. The van der Waals surface area contributed by atoms with Crippen LogP contribution in [0.4, 0.5) is 0 Å². The number of hydrogen-bond donors (Lipinski definition) is 1. The highest BCUT2D eigenvalue weighted by molar-refractivity contribution is 4.76. The molecule has 0 amide bonds. The molecule has 0 spiro atoms. The van der Waals surface area contributed by atoms with Gasteiger partial charge in [0.25, 0.3) is 0 Å². The van der Waals surface area contributed by atoms with Crippen LogP contribution in [0, 0.1) is 0 Å². The predicted octanol–water partition coefficient (Wildman–Crippen LogP) is 2.65. The largest absolute Gasteiger partial charge is 0.374 e. The smallest absolute Gasteiger partial charge is 0.0826 e. The third-order valence-corrected chi connectivity index (χ3v) is 3.84. The zero-order valence-electron chi connectivity index (χ0n) is 12.7. The molecule has 0 aromatic carbocycles. The van der Waals surface area contributed by atoms with Crippen LogP contribution in [-0.4, -0.2) is 49.3 Å². The lowest BCUT2D eigenvalue weighted by Gasteiger charge is -2.36. The molecular formula is C15H32N2O. The molecule has 1 aliphatic heterocycles. The Hall–Kier alpha value is -0.120. The molecule has 1 fully saturated rings. The zero-order chi connectivity index (χ0) is 13.4. The van der Waals surface area contributed by atoms with E-state index in [1.807, 2.05) is 0 Å². The lowest BCUT2D eigenvalue weighted by atomic mass is 10.1. The van der Waals surface area contributed by atoms with Gasteiger partial charge in [0.1, 0.15) is 0 Å². The van der Waals surface area contributed by atoms with Gasteiger partial charge in [0.15, 0.2) is 0 Å². The number of ether oxygens (including phenoxy) is 1. The third kappa shape index (κ3) is 6.17. The molecule has 1 heterocycles. The maximum absolute atomic E-state index is 5.83. The van der Waals surface area contributed by atoms with E-state index < -0.39 is 0 Å². The predicted molar refractivity (Wildman–Crippen MR) is 78.1 cm³/mol. The minimum Gasteiger partial charge on any atom is -0.374 e. The van der Waals surface area contributed by atoms with E-state index in [9.17, 15) is 0 Å². The minimum atomic E-state index is 0.370. The molecule has 18 heavy (non-hydrogen) atoms. The molecule has 0 radical (unpaired) electrons. The van der Waals surface area contributed by atoms with Gasteiger partial charge in [-0.2, -0.15) is 0 Å². The lowest BCUT2D eigenvalue weighted by molar-refractivity contribution is -0.0380. The Morgan fingerprint density at radius 1 is 1.28 bits per heavy atom. The quantitative estimate of drug-likeness (QED) is 0.676. The zero-order valence-corrected chi connectivity index (χ0v) is 12.7. The van der Waals surface area contributed by atoms with Crippen LogP contribution < -0.4 is 5.32 Å². The van der Waals surface area contributed by atoms with E-state index >= 15 is 0 Å². The van der Waals surface area contributed by atoms with E-state index in [2.05, 4.69) is 37.9 Å². The van der Waals surface area contributed by atoms with Crippen LogP contribution in [0.2, 0.25) is 0 Å². The van der Waals surface area contributed by atoms with Crippen LogP contribution in [0.1, 0.15) is 53.4 Å². The molecule has 1 aliphatic rings. The Labute approximate surface area is 113 Å². The second-order valence-electron chi connectivity index (χ2n) is 5.89. The first kappa shape index (κ1) is 15.9. The molecule has 1 saturated heterocycles. The molecule has 3 heteroatoms. The topological polar surface area (TPSA) is 24.5 Å². The Kier molecular flexibility index (Phi) is 7.87. The Balaban J connectivity index is 2.14. The van der Waals surface area contributed by atoms with Gasteiger partial charge in [0.2, 0.25) is 0 Å². The van der Waals surface area contributed by atoms with Crippen LogP contribution in [0.5, 0.6) is 0 Å². The average Bonchev–Trinajstić information content (AvgIpc) is 2.37. The highest BCUT2D eigenvalue weighted by Crippen LogP contribution is 2.09. The molecule has 1 rings (SSSR count). The number of rotatable bonds is 8.